The highest BCUT2D eigenvalue weighted by Crippen LogP contribution is 2.20. The molecule has 1 fully saturated rings. The number of nitrogens with zero attached hydrogens (tertiary/aromatic N) is 1. The Hall–Kier alpha value is -0.290. The Bertz CT molecular complexity index is 168. The van der Waals surface area contributed by atoms with Crippen molar-refractivity contribution in [1.29, 1.82) is 0 Å². The molecule has 0 aromatic carbocycles. The molecule has 1 unspecified atom stereocenters. The Balaban J connectivity index is 2.45. The van der Waals surface area contributed by atoms with E-state index in [2.05, 4.69) is 5.32 Å². The number of hydrogen-bond acceptors (Lipinski definition) is 2. The van der Waals surface area contributed by atoms with Gasteiger partial charge >= 0.3 is 6.18 Å². The van der Waals surface area contributed by atoms with Gasteiger partial charge in [-0.05, 0) is 6.42 Å². The summed E-state index contributed by atoms with van der Waals surface area (Å²) in [5.74, 6) is 0. The predicted molar refractivity (Wildman–Crippen MR) is 49.2 cm³/mol. The summed E-state index contributed by atoms with van der Waals surface area (Å²) in [4.78, 5) is 1.54. The largest absolute Gasteiger partial charge is 0.401 e. The first-order valence-corrected chi connectivity index (χ1v) is 5.04. The molecule has 1 N–H and O–H groups in total. The van der Waals surface area contributed by atoms with Crippen molar-refractivity contribution < 1.29 is 13.2 Å². The predicted octanol–water partition coefficient (Wildman–Crippen LogP) is 1.62. The Morgan fingerprint density at radius 1 is 1.43 bits per heavy atom. The second-order valence-electron chi connectivity index (χ2n) is 3.73. The second-order valence-corrected chi connectivity index (χ2v) is 3.73. The summed E-state index contributed by atoms with van der Waals surface area (Å²) in [6, 6.07) is 0.0513. The Morgan fingerprint density at radius 3 is 2.71 bits per heavy atom. The topological polar surface area (TPSA) is 15.3 Å². The van der Waals surface area contributed by atoms with E-state index >= 15 is 0 Å². The van der Waals surface area contributed by atoms with Crippen LogP contribution < -0.4 is 5.32 Å². The summed E-state index contributed by atoms with van der Waals surface area (Å²) >= 11 is 0. The summed E-state index contributed by atoms with van der Waals surface area (Å²) in [6.45, 7) is 3.09. The van der Waals surface area contributed by atoms with Gasteiger partial charge in [-0.2, -0.15) is 13.2 Å². The van der Waals surface area contributed by atoms with Crippen molar-refractivity contribution in [3.8, 4) is 0 Å². The molecule has 1 heterocycles. The van der Waals surface area contributed by atoms with Crippen molar-refractivity contribution in [1.82, 2.24) is 10.2 Å². The molecule has 2 nitrogen and oxygen atoms in total. The standard InChI is InChI=1S/C9H17F3N2/c1-2-3-8-6-13-4-5-14(8)7-9(10,11)12/h8,13H,2-7H2,1H3. The zero-order chi connectivity index (χ0) is 10.6. The molecule has 14 heavy (non-hydrogen) atoms. The number of hydrogen-bond donors (Lipinski definition) is 1. The van der Waals surface area contributed by atoms with Gasteiger partial charge in [0.15, 0.2) is 0 Å². The molecular formula is C9H17F3N2. The molecule has 0 saturated carbocycles. The fourth-order valence-electron chi connectivity index (χ4n) is 1.86. The van der Waals surface area contributed by atoms with E-state index < -0.39 is 12.7 Å². The van der Waals surface area contributed by atoms with Gasteiger partial charge < -0.3 is 5.32 Å². The maximum atomic E-state index is 12.2. The maximum Gasteiger partial charge on any atom is 0.401 e. The lowest BCUT2D eigenvalue weighted by molar-refractivity contribution is -0.152. The van der Waals surface area contributed by atoms with E-state index in [-0.39, 0.29) is 6.04 Å². The molecule has 0 aliphatic carbocycles. The van der Waals surface area contributed by atoms with Gasteiger partial charge in [0.2, 0.25) is 0 Å². The van der Waals surface area contributed by atoms with E-state index in [1.54, 1.807) is 4.90 Å². The average Bonchev–Trinajstić information content (AvgIpc) is 2.06. The highest BCUT2D eigenvalue weighted by Gasteiger charge is 2.34. The van der Waals surface area contributed by atoms with Crippen LogP contribution in [0.2, 0.25) is 0 Å². The summed E-state index contributed by atoms with van der Waals surface area (Å²) in [7, 11) is 0. The fraction of sp³-hybridized carbons (Fsp3) is 1.00. The van der Waals surface area contributed by atoms with Crippen LogP contribution in [0, 0.1) is 0 Å². The van der Waals surface area contributed by atoms with E-state index in [1.165, 1.54) is 0 Å². The summed E-state index contributed by atoms with van der Waals surface area (Å²) in [6.07, 6.45) is -2.30. The molecule has 1 aliphatic heterocycles. The van der Waals surface area contributed by atoms with Crippen molar-refractivity contribution >= 4 is 0 Å². The number of rotatable bonds is 3. The van der Waals surface area contributed by atoms with Crippen LogP contribution in [0.25, 0.3) is 0 Å². The summed E-state index contributed by atoms with van der Waals surface area (Å²) < 4.78 is 36.6. The Morgan fingerprint density at radius 2 is 2.14 bits per heavy atom. The molecule has 0 aromatic heterocycles. The molecule has 0 bridgehead atoms. The zero-order valence-corrected chi connectivity index (χ0v) is 8.40. The lowest BCUT2D eigenvalue weighted by Crippen LogP contribution is -2.53. The molecule has 0 spiro atoms. The third-order valence-electron chi connectivity index (χ3n) is 2.48. The summed E-state index contributed by atoms with van der Waals surface area (Å²) in [5, 5.41) is 3.13. The van der Waals surface area contributed by atoms with Crippen LogP contribution in [0.3, 0.4) is 0 Å². The van der Waals surface area contributed by atoms with Gasteiger partial charge in [0.05, 0.1) is 6.54 Å². The summed E-state index contributed by atoms with van der Waals surface area (Å²) in [5.41, 5.74) is 0. The SMILES string of the molecule is CCCC1CNCCN1CC(F)(F)F. The minimum absolute atomic E-state index is 0.0513. The number of nitrogens with one attached hydrogen (secondary N) is 1. The highest BCUT2D eigenvalue weighted by molar-refractivity contribution is 4.80. The highest BCUT2D eigenvalue weighted by atomic mass is 19.4. The molecule has 1 aliphatic rings. The van der Waals surface area contributed by atoms with Gasteiger partial charge in [-0.25, -0.2) is 0 Å². The van der Waals surface area contributed by atoms with Crippen molar-refractivity contribution in [2.45, 2.75) is 32.0 Å². The van der Waals surface area contributed by atoms with Crippen LogP contribution in [-0.4, -0.2) is 43.3 Å². The minimum Gasteiger partial charge on any atom is -0.314 e. The van der Waals surface area contributed by atoms with E-state index in [9.17, 15) is 13.2 Å². The normalized spacial score (nSPS) is 25.3. The first-order valence-electron chi connectivity index (χ1n) is 5.04. The van der Waals surface area contributed by atoms with E-state index in [4.69, 9.17) is 0 Å². The monoisotopic (exact) mass is 210 g/mol. The smallest absolute Gasteiger partial charge is 0.314 e. The van der Waals surface area contributed by atoms with Gasteiger partial charge in [0, 0.05) is 25.7 Å². The molecule has 0 amide bonds. The first kappa shape index (κ1) is 11.8. The lowest BCUT2D eigenvalue weighted by atomic mass is 10.1. The third-order valence-corrected chi connectivity index (χ3v) is 2.48. The van der Waals surface area contributed by atoms with Gasteiger partial charge in [-0.15, -0.1) is 0 Å². The van der Waals surface area contributed by atoms with Crippen LogP contribution in [0.5, 0.6) is 0 Å². The molecule has 5 heteroatoms. The molecule has 0 aromatic rings. The van der Waals surface area contributed by atoms with Crippen LogP contribution in [0.4, 0.5) is 13.2 Å². The van der Waals surface area contributed by atoms with E-state index in [0.29, 0.717) is 19.6 Å². The molecule has 1 atom stereocenters. The average molecular weight is 210 g/mol. The molecule has 84 valence electrons. The third kappa shape index (κ3) is 3.84. The maximum absolute atomic E-state index is 12.2. The molecule has 1 rings (SSSR count). The quantitative estimate of drug-likeness (QED) is 0.761. The van der Waals surface area contributed by atoms with Crippen LogP contribution in [-0.2, 0) is 0 Å². The van der Waals surface area contributed by atoms with Gasteiger partial charge in [0.25, 0.3) is 0 Å². The fourth-order valence-corrected chi connectivity index (χ4v) is 1.86. The molecular weight excluding hydrogens is 193 g/mol. The molecule has 0 radical (unpaired) electrons. The van der Waals surface area contributed by atoms with Gasteiger partial charge in [0.1, 0.15) is 0 Å². The van der Waals surface area contributed by atoms with Crippen molar-refractivity contribution in [3.05, 3.63) is 0 Å². The number of alkyl halides is 3. The minimum atomic E-state index is -4.07. The van der Waals surface area contributed by atoms with Gasteiger partial charge in [-0.1, -0.05) is 13.3 Å². The van der Waals surface area contributed by atoms with Crippen molar-refractivity contribution in [2.24, 2.45) is 0 Å². The van der Waals surface area contributed by atoms with E-state index in [1.807, 2.05) is 6.92 Å². The van der Waals surface area contributed by atoms with Crippen LogP contribution in [0.1, 0.15) is 19.8 Å². The van der Waals surface area contributed by atoms with Crippen molar-refractivity contribution in [3.63, 3.8) is 0 Å². The molecule has 1 saturated heterocycles. The second kappa shape index (κ2) is 4.98. The Kier molecular flexibility index (Phi) is 4.19. The van der Waals surface area contributed by atoms with Crippen LogP contribution >= 0.6 is 0 Å². The van der Waals surface area contributed by atoms with E-state index in [0.717, 1.165) is 12.8 Å². The lowest BCUT2D eigenvalue weighted by Gasteiger charge is -2.36. The number of halogens is 3. The van der Waals surface area contributed by atoms with Crippen molar-refractivity contribution in [2.75, 3.05) is 26.2 Å². The first-order chi connectivity index (χ1) is 6.53. The van der Waals surface area contributed by atoms with Crippen LogP contribution in [0.15, 0.2) is 0 Å². The zero-order valence-electron chi connectivity index (χ0n) is 8.40. The Labute approximate surface area is 82.5 Å². The number of piperazine rings is 1. The van der Waals surface area contributed by atoms with Gasteiger partial charge in [-0.3, -0.25) is 4.90 Å².